The van der Waals surface area contributed by atoms with Crippen molar-refractivity contribution in [1.82, 2.24) is 0 Å². The number of aliphatic hydroxyl groups is 1. The fourth-order valence-electron chi connectivity index (χ4n) is 2.83. The van der Waals surface area contributed by atoms with Gasteiger partial charge in [-0.15, -0.1) is 0 Å². The Hall–Kier alpha value is -2.42. The molecule has 0 saturated carbocycles. The van der Waals surface area contributed by atoms with Gasteiger partial charge in [0, 0.05) is 21.8 Å². The van der Waals surface area contributed by atoms with E-state index >= 15 is 0 Å². The Labute approximate surface area is 155 Å². The van der Waals surface area contributed by atoms with Crippen molar-refractivity contribution in [2.24, 2.45) is 0 Å². The second kappa shape index (κ2) is 6.39. The molecule has 1 aliphatic rings. The van der Waals surface area contributed by atoms with Gasteiger partial charge >= 0.3 is 0 Å². The number of Topliss-reactive ketones (excluding diaryl/α,β-unsaturated/α-hetero) is 1. The second-order valence-corrected chi connectivity index (χ2v) is 8.21. The number of fused-ring (bicyclic) bond motifs is 1. The van der Waals surface area contributed by atoms with Gasteiger partial charge in [-0.25, -0.2) is 8.42 Å². The lowest BCUT2D eigenvalue weighted by molar-refractivity contribution is -0.133. The summed E-state index contributed by atoms with van der Waals surface area (Å²) in [5.74, 6) is -1.33. The molecule has 1 atom stereocenters. The molecule has 0 spiro atoms. The third kappa shape index (κ3) is 3.44. The average molecular weight is 395 g/mol. The van der Waals surface area contributed by atoms with Crippen molar-refractivity contribution in [3.63, 3.8) is 0 Å². The summed E-state index contributed by atoms with van der Waals surface area (Å²) in [5.41, 5.74) is -1.38. The fourth-order valence-corrected chi connectivity index (χ4v) is 3.58. The van der Waals surface area contributed by atoms with Crippen molar-refractivity contribution >= 4 is 44.7 Å². The number of nitrogens with one attached hydrogen (secondary N) is 2. The number of hydrogen-bond donors (Lipinski definition) is 3. The van der Waals surface area contributed by atoms with Gasteiger partial charge in [0.25, 0.3) is 5.91 Å². The minimum absolute atomic E-state index is 0.0506. The largest absolute Gasteiger partial charge is 0.375 e. The van der Waals surface area contributed by atoms with Crippen molar-refractivity contribution in [2.75, 3.05) is 16.3 Å². The van der Waals surface area contributed by atoms with Crippen molar-refractivity contribution < 1.29 is 23.1 Å². The molecule has 0 bridgehead atoms. The number of carbonyl (C=O) groups is 2. The number of carbonyl (C=O) groups excluding carboxylic acids is 2. The van der Waals surface area contributed by atoms with Crippen LogP contribution in [0.15, 0.2) is 42.5 Å². The Kier molecular flexibility index (Phi) is 4.51. The molecular formula is C17H15ClN2O5S. The topological polar surface area (TPSA) is 113 Å². The summed E-state index contributed by atoms with van der Waals surface area (Å²) in [4.78, 5) is 25.0. The van der Waals surface area contributed by atoms with E-state index in [0.717, 1.165) is 6.26 Å². The minimum Gasteiger partial charge on any atom is -0.375 e. The van der Waals surface area contributed by atoms with Crippen LogP contribution in [0.2, 0.25) is 5.02 Å². The van der Waals surface area contributed by atoms with E-state index in [9.17, 15) is 23.1 Å². The van der Waals surface area contributed by atoms with Crippen LogP contribution in [-0.4, -0.2) is 31.5 Å². The van der Waals surface area contributed by atoms with Gasteiger partial charge in [0.05, 0.1) is 18.4 Å². The van der Waals surface area contributed by atoms with E-state index in [-0.39, 0.29) is 16.8 Å². The Bertz CT molecular complexity index is 1020. The third-order valence-corrected chi connectivity index (χ3v) is 4.82. The molecule has 0 aliphatic carbocycles. The first kappa shape index (κ1) is 18.4. The van der Waals surface area contributed by atoms with Crippen LogP contribution in [0.1, 0.15) is 22.3 Å². The van der Waals surface area contributed by atoms with Crippen LogP contribution in [0.3, 0.4) is 0 Å². The van der Waals surface area contributed by atoms with Crippen molar-refractivity contribution in [2.45, 2.75) is 12.0 Å². The quantitative estimate of drug-likeness (QED) is 0.672. The molecule has 9 heteroatoms. The van der Waals surface area contributed by atoms with Crippen LogP contribution in [-0.2, 0) is 20.4 Å². The molecule has 0 aromatic heterocycles. The van der Waals surface area contributed by atoms with Gasteiger partial charge in [0.15, 0.2) is 11.4 Å². The molecule has 1 amide bonds. The molecule has 2 aromatic carbocycles. The zero-order chi connectivity index (χ0) is 19.1. The summed E-state index contributed by atoms with van der Waals surface area (Å²) in [6, 6.07) is 10.5. The van der Waals surface area contributed by atoms with Crippen LogP contribution in [0.25, 0.3) is 0 Å². The monoisotopic (exact) mass is 394 g/mol. The minimum atomic E-state index is -3.60. The number of para-hydroxylation sites is 1. The standard InChI is InChI=1S/C17H15ClN2O5S/c1-26(24,25)20-13-5-3-2-4-11(13)15(21)9-17(23)12-8-10(18)6-7-14(12)19-16(17)22/h2-8,20,23H,9H2,1H3,(H,19,22)/t17-/m0/s1. The molecule has 3 rings (SSSR count). The van der Waals surface area contributed by atoms with Crippen molar-refractivity contribution in [3.05, 3.63) is 58.6 Å². The first-order valence-corrected chi connectivity index (χ1v) is 9.81. The Morgan fingerprint density at radius 3 is 2.65 bits per heavy atom. The molecule has 1 aliphatic heterocycles. The predicted octanol–water partition coefficient (Wildman–Crippen LogP) is 2.12. The van der Waals surface area contributed by atoms with Gasteiger partial charge in [-0.3, -0.25) is 14.3 Å². The number of anilines is 2. The van der Waals surface area contributed by atoms with Gasteiger partial charge in [-0.05, 0) is 30.3 Å². The molecule has 0 fully saturated rings. The van der Waals surface area contributed by atoms with E-state index in [2.05, 4.69) is 10.0 Å². The predicted molar refractivity (Wildman–Crippen MR) is 97.8 cm³/mol. The highest BCUT2D eigenvalue weighted by atomic mass is 35.5. The molecule has 26 heavy (non-hydrogen) atoms. The zero-order valence-electron chi connectivity index (χ0n) is 13.6. The average Bonchev–Trinajstić information content (AvgIpc) is 2.77. The maximum absolute atomic E-state index is 12.7. The number of rotatable bonds is 5. The lowest BCUT2D eigenvalue weighted by atomic mass is 9.88. The zero-order valence-corrected chi connectivity index (χ0v) is 15.2. The Morgan fingerprint density at radius 2 is 1.96 bits per heavy atom. The summed E-state index contributed by atoms with van der Waals surface area (Å²) < 4.78 is 25.2. The molecule has 0 unspecified atom stereocenters. The maximum atomic E-state index is 12.7. The number of sulfonamides is 1. The molecule has 2 aromatic rings. The van der Waals surface area contributed by atoms with Crippen LogP contribution >= 0.6 is 11.6 Å². The molecule has 3 N–H and O–H groups in total. The van der Waals surface area contributed by atoms with Gasteiger partial charge in [0.1, 0.15) is 0 Å². The summed E-state index contributed by atoms with van der Waals surface area (Å²) in [6.45, 7) is 0. The first-order chi connectivity index (χ1) is 12.1. The summed E-state index contributed by atoms with van der Waals surface area (Å²) in [5, 5.41) is 13.7. The SMILES string of the molecule is CS(=O)(=O)Nc1ccccc1C(=O)C[C@@]1(O)C(=O)Nc2ccc(Cl)cc21. The van der Waals surface area contributed by atoms with Gasteiger partial charge in [0.2, 0.25) is 10.0 Å². The van der Waals surface area contributed by atoms with Gasteiger partial charge < -0.3 is 10.4 Å². The van der Waals surface area contributed by atoms with E-state index in [1.54, 1.807) is 18.2 Å². The van der Waals surface area contributed by atoms with Crippen LogP contribution in [0, 0.1) is 0 Å². The highest BCUT2D eigenvalue weighted by Crippen LogP contribution is 2.40. The summed E-state index contributed by atoms with van der Waals surface area (Å²) in [7, 11) is -3.60. The van der Waals surface area contributed by atoms with Gasteiger partial charge in [-0.1, -0.05) is 23.7 Å². The maximum Gasteiger partial charge on any atom is 0.261 e. The molecule has 136 valence electrons. The molecule has 0 radical (unpaired) electrons. The fraction of sp³-hybridized carbons (Fsp3) is 0.176. The van der Waals surface area contributed by atoms with Crippen molar-refractivity contribution in [1.29, 1.82) is 0 Å². The third-order valence-electron chi connectivity index (χ3n) is 3.99. The Balaban J connectivity index is 1.97. The molecule has 7 nitrogen and oxygen atoms in total. The number of ketones is 1. The number of amides is 1. The van der Waals surface area contributed by atoms with Crippen LogP contribution < -0.4 is 10.0 Å². The highest BCUT2D eigenvalue weighted by Gasteiger charge is 2.47. The molecular weight excluding hydrogens is 380 g/mol. The highest BCUT2D eigenvalue weighted by molar-refractivity contribution is 7.92. The first-order valence-electron chi connectivity index (χ1n) is 7.54. The number of halogens is 1. The van der Waals surface area contributed by atoms with E-state index in [1.165, 1.54) is 24.3 Å². The number of benzene rings is 2. The Morgan fingerprint density at radius 1 is 1.27 bits per heavy atom. The van der Waals surface area contributed by atoms with Gasteiger partial charge in [-0.2, -0.15) is 0 Å². The second-order valence-electron chi connectivity index (χ2n) is 6.02. The summed E-state index contributed by atoms with van der Waals surface area (Å²) >= 11 is 5.94. The van der Waals surface area contributed by atoms with E-state index in [0.29, 0.717) is 10.7 Å². The molecule has 0 saturated heterocycles. The lowest BCUT2D eigenvalue weighted by Crippen LogP contribution is -2.36. The van der Waals surface area contributed by atoms with E-state index in [4.69, 9.17) is 11.6 Å². The van der Waals surface area contributed by atoms with Crippen LogP contribution in [0.4, 0.5) is 11.4 Å². The van der Waals surface area contributed by atoms with E-state index < -0.39 is 33.7 Å². The number of hydrogen-bond acceptors (Lipinski definition) is 5. The summed E-state index contributed by atoms with van der Waals surface area (Å²) in [6.07, 6.45) is 0.402. The van der Waals surface area contributed by atoms with E-state index in [1.807, 2.05) is 0 Å². The van der Waals surface area contributed by atoms with Crippen molar-refractivity contribution in [3.8, 4) is 0 Å². The molecule has 1 heterocycles. The normalized spacial score (nSPS) is 19.0. The van der Waals surface area contributed by atoms with Crippen LogP contribution in [0.5, 0.6) is 0 Å². The lowest BCUT2D eigenvalue weighted by Gasteiger charge is -2.21. The smallest absolute Gasteiger partial charge is 0.261 e.